The zero-order chi connectivity index (χ0) is 21.6. The predicted molar refractivity (Wildman–Crippen MR) is 117 cm³/mol. The number of amides is 1. The quantitative estimate of drug-likeness (QED) is 0.333. The Kier molecular flexibility index (Phi) is 6.04. The van der Waals surface area contributed by atoms with Gasteiger partial charge in [0.05, 0.1) is 21.5 Å². The summed E-state index contributed by atoms with van der Waals surface area (Å²) in [5.41, 5.74) is 0.958. The molecule has 1 aromatic heterocycles. The number of hydrogen-bond donors (Lipinski definition) is 1. The van der Waals surface area contributed by atoms with Gasteiger partial charge in [0.1, 0.15) is 6.33 Å². The number of non-ortho nitro benzene ring substituents is 1. The second-order valence-corrected chi connectivity index (χ2v) is 7.50. The minimum Gasteiger partial charge on any atom is -0.467 e. The van der Waals surface area contributed by atoms with Crippen LogP contribution in [0.3, 0.4) is 0 Å². The van der Waals surface area contributed by atoms with Crippen molar-refractivity contribution in [3.8, 4) is 5.88 Å². The maximum absolute atomic E-state index is 12.5. The van der Waals surface area contributed by atoms with Crippen molar-refractivity contribution in [1.82, 2.24) is 9.97 Å². The molecule has 0 atom stereocenters. The van der Waals surface area contributed by atoms with E-state index in [0.717, 1.165) is 9.79 Å². The molecule has 0 saturated carbocycles. The summed E-state index contributed by atoms with van der Waals surface area (Å²) in [7, 11) is 0. The lowest BCUT2D eigenvalue weighted by atomic mass is 10.2. The zero-order valence-electron chi connectivity index (χ0n) is 16.1. The highest BCUT2D eigenvalue weighted by atomic mass is 32.2. The molecule has 4 rings (SSSR count). The molecular formula is C22H16N4O4S. The standard InChI is InChI=1S/C22H16N4O4S/c27-21(25-18-8-4-5-9-20(18)31-16-6-2-1-3-7-16)13-30-22-17-11-10-15(26(28)29)12-19(17)23-14-24-22/h1-12,14H,13H2,(H,25,27). The fourth-order valence-electron chi connectivity index (χ4n) is 2.84. The van der Waals surface area contributed by atoms with Crippen LogP contribution in [0.2, 0.25) is 0 Å². The topological polar surface area (TPSA) is 107 Å². The van der Waals surface area contributed by atoms with Crippen LogP contribution < -0.4 is 10.1 Å². The van der Waals surface area contributed by atoms with Gasteiger partial charge in [0, 0.05) is 21.9 Å². The summed E-state index contributed by atoms with van der Waals surface area (Å²) in [6, 6.07) is 21.5. The van der Waals surface area contributed by atoms with Gasteiger partial charge in [-0.25, -0.2) is 9.97 Å². The Morgan fingerprint density at radius 1 is 1.03 bits per heavy atom. The van der Waals surface area contributed by atoms with E-state index in [1.165, 1.54) is 24.5 Å². The van der Waals surface area contributed by atoms with Crippen molar-refractivity contribution in [1.29, 1.82) is 0 Å². The zero-order valence-corrected chi connectivity index (χ0v) is 16.9. The van der Waals surface area contributed by atoms with Gasteiger partial charge < -0.3 is 10.1 Å². The summed E-state index contributed by atoms with van der Waals surface area (Å²) < 4.78 is 5.57. The Bertz CT molecular complexity index is 1250. The lowest BCUT2D eigenvalue weighted by Crippen LogP contribution is -2.21. The van der Waals surface area contributed by atoms with Crippen LogP contribution in [0.1, 0.15) is 0 Å². The lowest BCUT2D eigenvalue weighted by molar-refractivity contribution is -0.384. The molecule has 0 aliphatic rings. The van der Waals surface area contributed by atoms with Crippen LogP contribution in [0.25, 0.3) is 10.9 Å². The largest absolute Gasteiger partial charge is 0.467 e. The van der Waals surface area contributed by atoms with E-state index in [4.69, 9.17) is 4.74 Å². The van der Waals surface area contributed by atoms with Crippen LogP contribution in [-0.4, -0.2) is 27.4 Å². The molecule has 1 heterocycles. The van der Waals surface area contributed by atoms with Crippen LogP contribution in [0.4, 0.5) is 11.4 Å². The van der Waals surface area contributed by atoms with Crippen LogP contribution in [0.5, 0.6) is 5.88 Å². The van der Waals surface area contributed by atoms with Crippen molar-refractivity contribution >= 4 is 39.9 Å². The average Bonchev–Trinajstić information content (AvgIpc) is 2.79. The van der Waals surface area contributed by atoms with Crippen LogP contribution in [-0.2, 0) is 4.79 Å². The summed E-state index contributed by atoms with van der Waals surface area (Å²) in [6.45, 7) is -0.270. The second-order valence-electron chi connectivity index (χ2n) is 6.39. The highest BCUT2D eigenvalue weighted by Crippen LogP contribution is 2.33. The van der Waals surface area contributed by atoms with Crippen molar-refractivity contribution in [2.75, 3.05) is 11.9 Å². The molecule has 3 aromatic carbocycles. The second kappa shape index (κ2) is 9.23. The van der Waals surface area contributed by atoms with Gasteiger partial charge in [-0.1, -0.05) is 42.1 Å². The Morgan fingerprint density at radius 3 is 2.61 bits per heavy atom. The van der Waals surface area contributed by atoms with Crippen molar-refractivity contribution in [3.63, 3.8) is 0 Å². The van der Waals surface area contributed by atoms with E-state index in [9.17, 15) is 14.9 Å². The maximum Gasteiger partial charge on any atom is 0.271 e. The number of aromatic nitrogens is 2. The first kappa shape index (κ1) is 20.3. The minimum atomic E-state index is -0.500. The third-order valence-corrected chi connectivity index (χ3v) is 5.35. The summed E-state index contributed by atoms with van der Waals surface area (Å²) in [5, 5.41) is 14.3. The van der Waals surface area contributed by atoms with Gasteiger partial charge in [-0.2, -0.15) is 0 Å². The molecule has 31 heavy (non-hydrogen) atoms. The molecule has 0 unspecified atom stereocenters. The number of nitrogens with zero attached hydrogens (tertiary/aromatic N) is 3. The molecule has 0 aliphatic carbocycles. The Balaban J connectivity index is 1.45. The number of nitrogens with one attached hydrogen (secondary N) is 1. The van der Waals surface area contributed by atoms with Gasteiger partial charge >= 0.3 is 0 Å². The molecule has 0 aliphatic heterocycles. The van der Waals surface area contributed by atoms with Gasteiger partial charge in [-0.15, -0.1) is 0 Å². The summed E-state index contributed by atoms with van der Waals surface area (Å²) in [6.07, 6.45) is 1.24. The number of nitro groups is 1. The van der Waals surface area contributed by atoms with E-state index in [2.05, 4.69) is 15.3 Å². The van der Waals surface area contributed by atoms with E-state index in [1.54, 1.807) is 11.8 Å². The predicted octanol–water partition coefficient (Wildman–Crippen LogP) is 4.71. The van der Waals surface area contributed by atoms with Gasteiger partial charge in [0.25, 0.3) is 11.6 Å². The third-order valence-electron chi connectivity index (χ3n) is 4.27. The smallest absolute Gasteiger partial charge is 0.271 e. The monoisotopic (exact) mass is 432 g/mol. The molecule has 0 radical (unpaired) electrons. The number of rotatable bonds is 7. The average molecular weight is 432 g/mol. The number of anilines is 1. The van der Waals surface area contributed by atoms with E-state index in [0.29, 0.717) is 16.6 Å². The van der Waals surface area contributed by atoms with Gasteiger partial charge in [0.2, 0.25) is 5.88 Å². The molecule has 154 valence electrons. The number of carbonyl (C=O) groups excluding carboxylic acids is 1. The van der Waals surface area contributed by atoms with Crippen molar-refractivity contribution in [2.24, 2.45) is 0 Å². The Morgan fingerprint density at radius 2 is 1.81 bits per heavy atom. The van der Waals surface area contributed by atoms with E-state index in [-0.39, 0.29) is 24.1 Å². The molecule has 0 fully saturated rings. The highest BCUT2D eigenvalue weighted by molar-refractivity contribution is 7.99. The Labute approximate surface area is 181 Å². The first-order valence-corrected chi connectivity index (χ1v) is 10.1. The lowest BCUT2D eigenvalue weighted by Gasteiger charge is -2.12. The number of para-hydroxylation sites is 1. The van der Waals surface area contributed by atoms with Crippen molar-refractivity contribution in [3.05, 3.63) is 89.2 Å². The summed E-state index contributed by atoms with van der Waals surface area (Å²) in [4.78, 5) is 33.0. The number of carbonyl (C=O) groups is 1. The van der Waals surface area contributed by atoms with Crippen molar-refractivity contribution < 1.29 is 14.5 Å². The molecule has 4 aromatic rings. The number of benzene rings is 3. The van der Waals surface area contributed by atoms with Crippen LogP contribution >= 0.6 is 11.8 Å². The van der Waals surface area contributed by atoms with Gasteiger partial charge in [0.15, 0.2) is 6.61 Å². The molecule has 8 nitrogen and oxygen atoms in total. The fraction of sp³-hybridized carbons (Fsp3) is 0.0455. The summed E-state index contributed by atoms with van der Waals surface area (Å²) >= 11 is 1.55. The molecule has 1 N–H and O–H groups in total. The molecule has 1 amide bonds. The van der Waals surface area contributed by atoms with Crippen molar-refractivity contribution in [2.45, 2.75) is 9.79 Å². The van der Waals surface area contributed by atoms with Crippen LogP contribution in [0, 0.1) is 10.1 Å². The molecule has 0 spiro atoms. The first-order chi connectivity index (χ1) is 15.1. The van der Waals surface area contributed by atoms with E-state index >= 15 is 0 Å². The fourth-order valence-corrected chi connectivity index (χ4v) is 3.77. The first-order valence-electron chi connectivity index (χ1n) is 9.24. The van der Waals surface area contributed by atoms with E-state index in [1.807, 2.05) is 54.6 Å². The highest BCUT2D eigenvalue weighted by Gasteiger charge is 2.13. The molecular weight excluding hydrogens is 416 g/mol. The van der Waals surface area contributed by atoms with Gasteiger partial charge in [-0.3, -0.25) is 14.9 Å². The number of hydrogen-bond acceptors (Lipinski definition) is 7. The van der Waals surface area contributed by atoms with E-state index < -0.39 is 4.92 Å². The molecule has 0 saturated heterocycles. The number of fused-ring (bicyclic) bond motifs is 1. The van der Waals surface area contributed by atoms with Crippen LogP contribution in [0.15, 0.2) is 88.9 Å². The molecule has 9 heteroatoms. The maximum atomic E-state index is 12.5. The number of ether oxygens (including phenoxy) is 1. The minimum absolute atomic E-state index is 0.0811. The molecule has 0 bridgehead atoms. The number of nitro benzene ring substituents is 1. The van der Waals surface area contributed by atoms with Gasteiger partial charge in [-0.05, 0) is 30.3 Å². The Hall–Kier alpha value is -3.98. The SMILES string of the molecule is O=C(COc1ncnc2cc([N+](=O)[O-])ccc12)Nc1ccccc1Sc1ccccc1. The third kappa shape index (κ3) is 4.96. The normalized spacial score (nSPS) is 10.6. The summed E-state index contributed by atoms with van der Waals surface area (Å²) in [5.74, 6) is -0.170.